The highest BCUT2D eigenvalue weighted by Gasteiger charge is 2.31. The van der Waals surface area contributed by atoms with Gasteiger partial charge in [-0.05, 0) is 55.2 Å². The fraction of sp³-hybridized carbons (Fsp3) is 0.444. The third-order valence-electron chi connectivity index (χ3n) is 6.89. The lowest BCUT2D eigenvalue weighted by atomic mass is 10.0. The van der Waals surface area contributed by atoms with Crippen molar-refractivity contribution < 1.29 is 27.9 Å². The van der Waals surface area contributed by atoms with Gasteiger partial charge in [-0.25, -0.2) is 9.29 Å². The maximum atomic E-state index is 12.9. The van der Waals surface area contributed by atoms with Crippen molar-refractivity contribution in [2.24, 2.45) is 5.92 Å². The molecule has 198 valence electrons. The van der Waals surface area contributed by atoms with E-state index >= 15 is 0 Å². The summed E-state index contributed by atoms with van der Waals surface area (Å²) in [5, 5.41) is 12.4. The summed E-state index contributed by atoms with van der Waals surface area (Å²) in [6.45, 7) is 3.92. The number of fused-ring (bicyclic) bond motifs is 1. The average Bonchev–Trinajstić information content (AvgIpc) is 3.67. The Labute approximate surface area is 218 Å². The van der Waals surface area contributed by atoms with Gasteiger partial charge in [0.1, 0.15) is 5.76 Å². The number of carbonyl (C=O) groups excluding carboxylic acids is 1. The molecule has 1 amide bonds. The number of nitrogens with zero attached hydrogens (tertiary/aromatic N) is 2. The number of benzene rings is 1. The molecule has 0 bridgehead atoms. The van der Waals surface area contributed by atoms with E-state index < -0.39 is 23.2 Å². The Bertz CT molecular complexity index is 1320. The van der Waals surface area contributed by atoms with Crippen molar-refractivity contribution in [2.45, 2.75) is 58.4 Å². The van der Waals surface area contributed by atoms with Crippen molar-refractivity contribution in [1.29, 1.82) is 0 Å². The number of hydrogen-bond acceptors (Lipinski definition) is 6. The average molecular weight is 527 g/mol. The van der Waals surface area contributed by atoms with Crippen molar-refractivity contribution in [1.82, 2.24) is 14.6 Å². The largest absolute Gasteiger partial charge is 0.760 e. The monoisotopic (exact) mass is 526 g/mol. The van der Waals surface area contributed by atoms with Crippen LogP contribution in [0.2, 0.25) is 0 Å². The second-order valence-electron chi connectivity index (χ2n) is 9.55. The lowest BCUT2D eigenvalue weighted by molar-refractivity contribution is -0.141. The summed E-state index contributed by atoms with van der Waals surface area (Å²) in [4.78, 5) is 28.8. The van der Waals surface area contributed by atoms with E-state index in [0.717, 1.165) is 30.4 Å². The fourth-order valence-electron chi connectivity index (χ4n) is 4.47. The number of carbonyl (C=O) groups is 2. The Morgan fingerprint density at radius 2 is 2.00 bits per heavy atom. The molecule has 9 nitrogen and oxygen atoms in total. The van der Waals surface area contributed by atoms with E-state index in [9.17, 15) is 18.4 Å². The van der Waals surface area contributed by atoms with Crippen LogP contribution in [0.4, 0.5) is 0 Å². The van der Waals surface area contributed by atoms with E-state index in [4.69, 9.17) is 14.5 Å². The molecule has 0 radical (unpaired) electrons. The van der Waals surface area contributed by atoms with E-state index in [-0.39, 0.29) is 30.6 Å². The normalized spacial score (nSPS) is 15.2. The third kappa shape index (κ3) is 6.08. The minimum Gasteiger partial charge on any atom is -0.760 e. The number of aryl methyl sites for hydroxylation is 1. The van der Waals surface area contributed by atoms with Gasteiger partial charge in [0.05, 0.1) is 29.1 Å². The maximum absolute atomic E-state index is 12.9. The number of nitrogens with one attached hydrogen (secondary N) is 1. The molecule has 4 rings (SSSR count). The van der Waals surface area contributed by atoms with E-state index in [0.29, 0.717) is 35.2 Å². The van der Waals surface area contributed by atoms with Crippen molar-refractivity contribution in [2.75, 3.05) is 13.6 Å². The van der Waals surface area contributed by atoms with Gasteiger partial charge in [0.15, 0.2) is 0 Å². The van der Waals surface area contributed by atoms with Gasteiger partial charge in [0.25, 0.3) is 5.91 Å². The number of rotatable bonds is 12. The molecule has 1 aliphatic rings. The van der Waals surface area contributed by atoms with Gasteiger partial charge in [-0.2, -0.15) is 0 Å². The number of aromatic nitrogens is 1. The van der Waals surface area contributed by atoms with Crippen LogP contribution in [0.5, 0.6) is 0 Å². The van der Waals surface area contributed by atoms with Gasteiger partial charge in [-0.3, -0.25) is 13.8 Å². The lowest BCUT2D eigenvalue weighted by Crippen LogP contribution is -2.28. The molecule has 2 heterocycles. The molecule has 37 heavy (non-hydrogen) atoms. The molecule has 1 fully saturated rings. The molecule has 1 aliphatic carbocycles. The molecule has 0 spiro atoms. The van der Waals surface area contributed by atoms with Gasteiger partial charge in [0.2, 0.25) is 5.71 Å². The highest BCUT2D eigenvalue weighted by atomic mass is 32.2. The zero-order chi connectivity index (χ0) is 26.7. The second kappa shape index (κ2) is 11.5. The second-order valence-corrected chi connectivity index (χ2v) is 10.5. The Morgan fingerprint density at radius 3 is 2.57 bits per heavy atom. The van der Waals surface area contributed by atoms with Crippen LogP contribution in [0.15, 0.2) is 34.7 Å². The van der Waals surface area contributed by atoms with Crippen molar-refractivity contribution in [3.8, 4) is 11.3 Å². The quantitative estimate of drug-likeness (QED) is 0.334. The number of hydrogen-bond donors (Lipinski definition) is 2. The summed E-state index contributed by atoms with van der Waals surface area (Å²) in [6.07, 6.45) is 3.62. The maximum Gasteiger partial charge on any atom is 0.306 e. The van der Waals surface area contributed by atoms with Crippen LogP contribution in [0, 0.1) is 5.92 Å². The van der Waals surface area contributed by atoms with Gasteiger partial charge in [0, 0.05) is 30.4 Å². The number of amides is 1. The Morgan fingerprint density at radius 1 is 1.30 bits per heavy atom. The molecule has 2 N–H and O–H groups in total. The van der Waals surface area contributed by atoms with Crippen LogP contribution in [0.25, 0.3) is 22.4 Å². The minimum atomic E-state index is -2.50. The molecule has 0 saturated heterocycles. The van der Waals surface area contributed by atoms with E-state index in [1.54, 1.807) is 14.0 Å². The molecule has 3 aromatic rings. The highest BCUT2D eigenvalue weighted by Crippen LogP contribution is 2.44. The number of furan rings is 1. The first kappa shape index (κ1) is 27.0. The van der Waals surface area contributed by atoms with Crippen LogP contribution in [-0.4, -0.2) is 48.6 Å². The van der Waals surface area contributed by atoms with Crippen LogP contribution in [0.1, 0.15) is 72.6 Å². The molecule has 10 heteroatoms. The summed E-state index contributed by atoms with van der Waals surface area (Å²) in [5.41, 5.74) is 4.13. The predicted octanol–water partition coefficient (Wildman–Crippen LogP) is 4.39. The van der Waals surface area contributed by atoms with Crippen LogP contribution in [-0.2, 0) is 29.0 Å². The number of pyridine rings is 1. The van der Waals surface area contributed by atoms with E-state index in [2.05, 4.69) is 12.2 Å². The Hall–Kier alpha value is -3.08. The first-order valence-electron chi connectivity index (χ1n) is 12.6. The Balaban J connectivity index is 1.72. The van der Waals surface area contributed by atoms with E-state index in [1.807, 2.05) is 30.3 Å². The zero-order valence-corrected chi connectivity index (χ0v) is 22.1. The zero-order valence-electron chi connectivity index (χ0n) is 21.3. The SMILES string of the molecule is CCc1ccc(-c2oc3nc(CN(CCCC(C)C(=O)O)S(=O)[O-])c(C4CC4)cc3c2C(=O)NC)cc1. The summed E-state index contributed by atoms with van der Waals surface area (Å²) in [5.74, 6) is -1.05. The topological polar surface area (TPSA) is 136 Å². The molecule has 1 saturated carbocycles. The summed E-state index contributed by atoms with van der Waals surface area (Å²) in [6, 6.07) is 9.76. The lowest BCUT2D eigenvalue weighted by Gasteiger charge is -2.25. The summed E-state index contributed by atoms with van der Waals surface area (Å²) >= 11 is -2.50. The molecule has 2 aromatic heterocycles. The van der Waals surface area contributed by atoms with Gasteiger partial charge in [-0.15, -0.1) is 0 Å². The summed E-state index contributed by atoms with van der Waals surface area (Å²) in [7, 11) is 1.57. The van der Waals surface area contributed by atoms with Crippen molar-refractivity contribution in [3.05, 3.63) is 52.7 Å². The standard InChI is InChI=1S/C27H33N3O6S/c1-4-17-7-9-19(10-8-17)24-23(25(31)28-3)21-14-20(18-11-12-18)22(29-26(21)36-24)15-30(37(34)35)13-5-6-16(2)27(32)33/h7-10,14,16,18H,4-6,11-13,15H2,1-3H3,(H,28,31)(H,32,33)(H,34,35)/p-1. The fourth-order valence-corrected chi connectivity index (χ4v) is 4.97. The number of carboxylic acids is 1. The minimum absolute atomic E-state index is 0.0515. The van der Waals surface area contributed by atoms with Crippen LogP contribution >= 0.6 is 0 Å². The Kier molecular flexibility index (Phi) is 8.41. The molecular formula is C27H32N3O6S-. The van der Waals surface area contributed by atoms with E-state index in [1.165, 1.54) is 9.87 Å². The smallest absolute Gasteiger partial charge is 0.306 e. The van der Waals surface area contributed by atoms with Gasteiger partial charge in [-0.1, -0.05) is 38.1 Å². The van der Waals surface area contributed by atoms with Gasteiger partial charge < -0.3 is 19.4 Å². The number of carboxylic acid groups (broad SMARTS) is 1. The highest BCUT2D eigenvalue weighted by molar-refractivity contribution is 7.76. The number of aliphatic carboxylic acids is 1. The van der Waals surface area contributed by atoms with Crippen LogP contribution < -0.4 is 5.32 Å². The molecule has 2 atom stereocenters. The predicted molar refractivity (Wildman–Crippen MR) is 140 cm³/mol. The van der Waals surface area contributed by atoms with Crippen LogP contribution in [0.3, 0.4) is 0 Å². The molecule has 1 aromatic carbocycles. The molecule has 0 aliphatic heterocycles. The molecule has 2 unspecified atom stereocenters. The van der Waals surface area contributed by atoms with Crippen molar-refractivity contribution in [3.63, 3.8) is 0 Å². The molecular weight excluding hydrogens is 494 g/mol. The van der Waals surface area contributed by atoms with Crippen molar-refractivity contribution >= 4 is 34.2 Å². The first-order chi connectivity index (χ1) is 17.7. The summed E-state index contributed by atoms with van der Waals surface area (Å²) < 4.78 is 31.4. The van der Waals surface area contributed by atoms with Gasteiger partial charge >= 0.3 is 5.97 Å². The third-order valence-corrected chi connectivity index (χ3v) is 7.63. The first-order valence-corrected chi connectivity index (χ1v) is 13.6.